The van der Waals surface area contributed by atoms with E-state index in [2.05, 4.69) is 9.80 Å². The van der Waals surface area contributed by atoms with Gasteiger partial charge in [0.2, 0.25) is 0 Å². The first kappa shape index (κ1) is 25.5. The van der Waals surface area contributed by atoms with Gasteiger partial charge in [-0.1, -0.05) is 6.07 Å². The summed E-state index contributed by atoms with van der Waals surface area (Å²) in [7, 11) is -3.67. The molecule has 1 saturated carbocycles. The Kier molecular flexibility index (Phi) is 7.43. The van der Waals surface area contributed by atoms with Crippen molar-refractivity contribution in [1.29, 1.82) is 5.26 Å². The molecule has 2 aliphatic heterocycles. The number of piperazine rings is 1. The first-order valence-corrected chi connectivity index (χ1v) is 13.5. The second-order valence-electron chi connectivity index (χ2n) is 9.35. The van der Waals surface area contributed by atoms with Crippen molar-refractivity contribution in [2.24, 2.45) is 0 Å². The number of hydrogen-bond acceptors (Lipinski definition) is 6. The average molecular weight is 506 g/mol. The van der Waals surface area contributed by atoms with Crippen LogP contribution in [0, 0.1) is 23.0 Å². The summed E-state index contributed by atoms with van der Waals surface area (Å²) in [6, 6.07) is 12.3. The van der Waals surface area contributed by atoms with Gasteiger partial charge in [-0.05, 0) is 67.1 Å². The number of benzene rings is 2. The molecule has 0 aromatic heterocycles. The van der Waals surface area contributed by atoms with Crippen molar-refractivity contribution in [3.8, 4) is 6.07 Å². The van der Waals surface area contributed by atoms with Gasteiger partial charge in [0.15, 0.2) is 0 Å². The molecule has 1 spiro atoms. The van der Waals surface area contributed by atoms with E-state index in [-0.39, 0.29) is 17.0 Å². The molecule has 2 heterocycles. The van der Waals surface area contributed by atoms with E-state index in [0.29, 0.717) is 18.9 Å². The van der Waals surface area contributed by atoms with Gasteiger partial charge in [-0.25, -0.2) is 8.78 Å². The quantitative estimate of drug-likeness (QED) is 0.620. The van der Waals surface area contributed by atoms with Crippen LogP contribution in [0.3, 0.4) is 0 Å². The van der Waals surface area contributed by atoms with Crippen LogP contribution in [0.2, 0.25) is 0 Å². The maximum absolute atomic E-state index is 14.0. The van der Waals surface area contributed by atoms with E-state index in [1.165, 1.54) is 12.1 Å². The molecule has 2 fully saturated rings. The van der Waals surface area contributed by atoms with Crippen LogP contribution in [0.25, 0.3) is 0 Å². The number of fused-ring (bicyclic) bond motifs is 2. The van der Waals surface area contributed by atoms with E-state index < -0.39 is 15.9 Å². The third-order valence-corrected chi connectivity index (χ3v) is 7.10. The number of ether oxygens (including phenoxy) is 1. The van der Waals surface area contributed by atoms with Crippen LogP contribution < -0.4 is 4.90 Å². The smallest absolute Gasteiger partial charge is 0.261 e. The first-order valence-electron chi connectivity index (χ1n) is 11.6. The van der Waals surface area contributed by atoms with Crippen molar-refractivity contribution in [3.05, 3.63) is 64.7 Å². The molecule has 10 heteroatoms. The molecule has 1 saturated heterocycles. The Morgan fingerprint density at radius 1 is 1.09 bits per heavy atom. The van der Waals surface area contributed by atoms with E-state index in [0.717, 1.165) is 68.7 Å². The van der Waals surface area contributed by atoms with E-state index in [1.54, 1.807) is 12.1 Å². The lowest BCUT2D eigenvalue weighted by atomic mass is 9.77. The molecule has 188 valence electrons. The van der Waals surface area contributed by atoms with Gasteiger partial charge in [0.05, 0.1) is 24.0 Å². The van der Waals surface area contributed by atoms with Crippen LogP contribution >= 0.6 is 0 Å². The van der Waals surface area contributed by atoms with Gasteiger partial charge in [-0.2, -0.15) is 13.7 Å². The van der Waals surface area contributed by atoms with Gasteiger partial charge in [0.25, 0.3) is 10.1 Å². The van der Waals surface area contributed by atoms with Gasteiger partial charge in [0, 0.05) is 37.9 Å². The van der Waals surface area contributed by atoms with E-state index in [1.807, 2.05) is 18.2 Å². The predicted octanol–water partition coefficient (Wildman–Crippen LogP) is 3.83. The van der Waals surface area contributed by atoms with Crippen molar-refractivity contribution in [2.75, 3.05) is 37.3 Å². The minimum atomic E-state index is -3.67. The Hall–Kier alpha value is -2.58. The summed E-state index contributed by atoms with van der Waals surface area (Å²) >= 11 is 0. The molecule has 3 aliphatic rings. The molecule has 7 nitrogen and oxygen atoms in total. The van der Waals surface area contributed by atoms with Crippen LogP contribution in [-0.4, -0.2) is 56.3 Å². The standard InChI is InChI=1S/C24H25F2N3O.CH4O3S/c25-19-3-1-18-16-30-24(22(18)13-19)7-5-20(6-8-24)28-9-11-29(12-10-28)21-4-2-17(15-27)23(26)14-21;1-5(2,3)4/h1-4,13-14,20H,5-12,16H2;1H3,(H,2,3,4). The summed E-state index contributed by atoms with van der Waals surface area (Å²) in [5.41, 5.74) is 2.79. The molecule has 0 amide bonds. The van der Waals surface area contributed by atoms with Crippen molar-refractivity contribution in [3.63, 3.8) is 0 Å². The first-order chi connectivity index (χ1) is 16.6. The molecule has 1 aliphatic carbocycles. The summed E-state index contributed by atoms with van der Waals surface area (Å²) in [6.45, 7) is 4.14. The third-order valence-electron chi connectivity index (χ3n) is 7.10. The molecule has 0 bridgehead atoms. The zero-order chi connectivity index (χ0) is 25.2. The maximum atomic E-state index is 14.0. The van der Waals surface area contributed by atoms with E-state index >= 15 is 0 Å². The van der Waals surface area contributed by atoms with Crippen molar-refractivity contribution in [1.82, 2.24) is 4.90 Å². The highest BCUT2D eigenvalue weighted by Gasteiger charge is 2.44. The van der Waals surface area contributed by atoms with Gasteiger partial charge in [-0.3, -0.25) is 9.45 Å². The maximum Gasteiger partial charge on any atom is 0.261 e. The normalized spacial score (nSPS) is 24.4. The summed E-state index contributed by atoms with van der Waals surface area (Å²) in [4.78, 5) is 4.72. The second-order valence-corrected chi connectivity index (χ2v) is 10.8. The Balaban J connectivity index is 0.000000527. The van der Waals surface area contributed by atoms with Gasteiger partial charge in [-0.15, -0.1) is 0 Å². The van der Waals surface area contributed by atoms with Crippen molar-refractivity contribution >= 4 is 15.8 Å². The predicted molar refractivity (Wildman–Crippen MR) is 127 cm³/mol. The minimum absolute atomic E-state index is 0.0871. The molecular formula is C25H29F2N3O4S. The molecule has 0 radical (unpaired) electrons. The van der Waals surface area contributed by atoms with Crippen LogP contribution in [0.5, 0.6) is 0 Å². The lowest BCUT2D eigenvalue weighted by molar-refractivity contribution is -0.0777. The number of halogens is 2. The zero-order valence-electron chi connectivity index (χ0n) is 19.6. The van der Waals surface area contributed by atoms with Gasteiger partial charge < -0.3 is 9.64 Å². The summed E-state index contributed by atoms with van der Waals surface area (Å²) in [5, 5.41) is 8.91. The van der Waals surface area contributed by atoms with E-state index in [4.69, 9.17) is 14.6 Å². The zero-order valence-corrected chi connectivity index (χ0v) is 20.4. The second kappa shape index (κ2) is 10.2. The topological polar surface area (TPSA) is 93.9 Å². The highest BCUT2D eigenvalue weighted by atomic mass is 32.2. The lowest BCUT2D eigenvalue weighted by Crippen LogP contribution is -2.52. The fourth-order valence-corrected chi connectivity index (χ4v) is 5.38. The van der Waals surface area contributed by atoms with Crippen LogP contribution in [0.4, 0.5) is 14.5 Å². The Labute approximate surface area is 204 Å². The number of nitriles is 1. The molecule has 5 rings (SSSR count). The molecule has 2 aromatic carbocycles. The molecule has 2 aromatic rings. The molecular weight excluding hydrogens is 476 g/mol. The molecule has 0 atom stereocenters. The Morgan fingerprint density at radius 3 is 2.34 bits per heavy atom. The van der Waals surface area contributed by atoms with Crippen molar-refractivity contribution < 1.29 is 26.5 Å². The lowest BCUT2D eigenvalue weighted by Gasteiger charge is -2.45. The third kappa shape index (κ3) is 5.98. The number of hydrogen-bond donors (Lipinski definition) is 1. The Bertz CT molecular complexity index is 1210. The number of nitrogens with zero attached hydrogens (tertiary/aromatic N) is 3. The van der Waals surface area contributed by atoms with Crippen LogP contribution in [-0.2, 0) is 27.1 Å². The van der Waals surface area contributed by atoms with Crippen molar-refractivity contribution in [2.45, 2.75) is 43.9 Å². The summed E-state index contributed by atoms with van der Waals surface area (Å²) in [5.74, 6) is -0.639. The van der Waals surface area contributed by atoms with Crippen LogP contribution in [0.15, 0.2) is 36.4 Å². The molecule has 0 unspecified atom stereocenters. The highest BCUT2D eigenvalue weighted by Crippen LogP contribution is 2.47. The highest BCUT2D eigenvalue weighted by molar-refractivity contribution is 7.85. The number of rotatable bonds is 2. The summed E-state index contributed by atoms with van der Waals surface area (Å²) < 4.78 is 59.8. The average Bonchev–Trinajstić information content (AvgIpc) is 3.16. The SMILES string of the molecule is CS(=O)(=O)O.N#Cc1ccc(N2CCN(C3CCC4(CC3)OCc3ccc(F)cc34)CC2)cc1F. The fraction of sp³-hybridized carbons (Fsp3) is 0.480. The minimum Gasteiger partial charge on any atom is -0.369 e. The Morgan fingerprint density at radius 2 is 1.74 bits per heavy atom. The van der Waals surface area contributed by atoms with Gasteiger partial charge in [0.1, 0.15) is 17.7 Å². The van der Waals surface area contributed by atoms with E-state index in [9.17, 15) is 17.2 Å². The van der Waals surface area contributed by atoms with Crippen LogP contribution in [0.1, 0.15) is 42.4 Å². The monoisotopic (exact) mass is 505 g/mol. The molecule has 1 N–H and O–H groups in total. The molecule has 35 heavy (non-hydrogen) atoms. The summed E-state index contributed by atoms with van der Waals surface area (Å²) in [6.07, 6.45) is 4.65. The fourth-order valence-electron chi connectivity index (χ4n) is 5.38. The van der Waals surface area contributed by atoms with Gasteiger partial charge >= 0.3 is 0 Å². The number of anilines is 1. The largest absolute Gasteiger partial charge is 0.369 e.